The lowest BCUT2D eigenvalue weighted by molar-refractivity contribution is -0.00710. The fourth-order valence-corrected chi connectivity index (χ4v) is 2.04. The van der Waals surface area contributed by atoms with E-state index >= 15 is 0 Å². The Bertz CT molecular complexity index is 328. The molecule has 0 radical (unpaired) electrons. The first-order chi connectivity index (χ1) is 7.66. The van der Waals surface area contributed by atoms with E-state index in [1.165, 1.54) is 5.56 Å². The van der Waals surface area contributed by atoms with Crippen LogP contribution in [0.15, 0.2) is 24.3 Å². The number of benzene rings is 1. The van der Waals surface area contributed by atoms with Crippen LogP contribution in [0.4, 0.5) is 0 Å². The predicted molar refractivity (Wildman–Crippen MR) is 66.8 cm³/mol. The van der Waals surface area contributed by atoms with Crippen LogP contribution in [0.5, 0.6) is 0 Å². The van der Waals surface area contributed by atoms with Crippen molar-refractivity contribution in [3.8, 4) is 0 Å². The quantitative estimate of drug-likeness (QED) is 0.857. The van der Waals surface area contributed by atoms with E-state index in [1.807, 2.05) is 24.3 Å². The van der Waals surface area contributed by atoms with Crippen molar-refractivity contribution in [3.63, 3.8) is 0 Å². The molecule has 2 rings (SSSR count). The zero-order chi connectivity index (χ0) is 11.5. The fourth-order valence-electron chi connectivity index (χ4n) is 1.92. The maximum Gasteiger partial charge on any atom is 0.0950 e. The van der Waals surface area contributed by atoms with Gasteiger partial charge in [0, 0.05) is 17.6 Å². The third-order valence-corrected chi connectivity index (χ3v) is 3.34. The van der Waals surface area contributed by atoms with Crippen molar-refractivity contribution in [1.82, 2.24) is 5.32 Å². The number of ether oxygens (including phenoxy) is 1. The van der Waals surface area contributed by atoms with E-state index in [9.17, 15) is 0 Å². The number of hydrogen-bond acceptors (Lipinski definition) is 2. The molecule has 0 amide bonds. The van der Waals surface area contributed by atoms with Crippen LogP contribution in [0.1, 0.15) is 25.5 Å². The van der Waals surface area contributed by atoms with Gasteiger partial charge in [0.15, 0.2) is 0 Å². The largest absolute Gasteiger partial charge is 0.371 e. The average molecular weight is 240 g/mol. The summed E-state index contributed by atoms with van der Waals surface area (Å²) in [6, 6.07) is 8.36. The van der Waals surface area contributed by atoms with Crippen LogP contribution in [0.25, 0.3) is 0 Å². The fraction of sp³-hybridized carbons (Fsp3) is 0.538. The Balaban J connectivity index is 1.96. The third-order valence-electron chi connectivity index (χ3n) is 3.09. The first-order valence-corrected chi connectivity index (χ1v) is 6.15. The molecule has 1 aromatic carbocycles. The van der Waals surface area contributed by atoms with Gasteiger partial charge in [-0.15, -0.1) is 0 Å². The van der Waals surface area contributed by atoms with E-state index in [2.05, 4.69) is 19.2 Å². The molecule has 0 aromatic heterocycles. The summed E-state index contributed by atoms with van der Waals surface area (Å²) in [5, 5.41) is 4.29. The first-order valence-electron chi connectivity index (χ1n) is 5.77. The van der Waals surface area contributed by atoms with Crippen molar-refractivity contribution in [3.05, 3.63) is 34.9 Å². The molecule has 1 fully saturated rings. The molecule has 3 heteroatoms. The zero-order valence-corrected chi connectivity index (χ0v) is 10.5. The predicted octanol–water partition coefficient (Wildman–Crippen LogP) is 3.03. The summed E-state index contributed by atoms with van der Waals surface area (Å²) in [5.74, 6) is 0.617. The molecular formula is C13H18ClNO. The minimum absolute atomic E-state index is 0.160. The summed E-state index contributed by atoms with van der Waals surface area (Å²) in [7, 11) is 0. The Labute approximate surface area is 102 Å². The Morgan fingerprint density at radius 1 is 1.31 bits per heavy atom. The van der Waals surface area contributed by atoms with Gasteiger partial charge in [-0.25, -0.2) is 0 Å². The summed E-state index contributed by atoms with van der Waals surface area (Å²) >= 11 is 5.86. The van der Waals surface area contributed by atoms with Crippen molar-refractivity contribution in [2.24, 2.45) is 5.92 Å². The molecule has 1 N–H and O–H groups in total. The molecule has 0 spiro atoms. The first kappa shape index (κ1) is 11.9. The van der Waals surface area contributed by atoms with Crippen molar-refractivity contribution in [2.75, 3.05) is 13.2 Å². The molecule has 16 heavy (non-hydrogen) atoms. The molecule has 0 bridgehead atoms. The van der Waals surface area contributed by atoms with Crippen molar-refractivity contribution in [1.29, 1.82) is 0 Å². The van der Waals surface area contributed by atoms with Gasteiger partial charge in [0.25, 0.3) is 0 Å². The molecule has 1 saturated heterocycles. The van der Waals surface area contributed by atoms with Gasteiger partial charge in [-0.05, 0) is 23.6 Å². The third kappa shape index (κ3) is 2.76. The maximum atomic E-state index is 5.87. The number of morpholine rings is 1. The number of rotatable bonds is 2. The van der Waals surface area contributed by atoms with Crippen molar-refractivity contribution < 1.29 is 4.74 Å². The lowest BCUT2D eigenvalue weighted by Gasteiger charge is -2.32. The van der Waals surface area contributed by atoms with E-state index < -0.39 is 0 Å². The molecule has 1 aliphatic heterocycles. The SMILES string of the molecule is CC(C)C1COC(c2ccc(Cl)cc2)CN1. The lowest BCUT2D eigenvalue weighted by Crippen LogP contribution is -2.45. The molecule has 0 aliphatic carbocycles. The van der Waals surface area contributed by atoms with Crippen LogP contribution in [0, 0.1) is 5.92 Å². The lowest BCUT2D eigenvalue weighted by atomic mass is 10.0. The second-order valence-corrected chi connectivity index (χ2v) is 5.07. The Morgan fingerprint density at radius 3 is 2.50 bits per heavy atom. The topological polar surface area (TPSA) is 21.3 Å². The second kappa shape index (κ2) is 5.17. The standard InChI is InChI=1S/C13H18ClNO/c1-9(2)12-8-16-13(7-15-12)10-3-5-11(14)6-4-10/h3-6,9,12-13,15H,7-8H2,1-2H3. The van der Waals surface area contributed by atoms with Crippen molar-refractivity contribution in [2.45, 2.75) is 26.0 Å². The summed E-state index contributed by atoms with van der Waals surface area (Å²) in [6.07, 6.45) is 0.160. The van der Waals surface area contributed by atoms with Gasteiger partial charge in [0.1, 0.15) is 0 Å². The summed E-state index contributed by atoms with van der Waals surface area (Å²) in [5.41, 5.74) is 1.19. The van der Waals surface area contributed by atoms with E-state index in [1.54, 1.807) is 0 Å². The summed E-state index contributed by atoms with van der Waals surface area (Å²) < 4.78 is 5.87. The molecule has 88 valence electrons. The second-order valence-electron chi connectivity index (χ2n) is 4.63. The smallest absolute Gasteiger partial charge is 0.0950 e. The summed E-state index contributed by atoms with van der Waals surface area (Å²) in [6.45, 7) is 6.09. The highest BCUT2D eigenvalue weighted by Crippen LogP contribution is 2.23. The highest BCUT2D eigenvalue weighted by Gasteiger charge is 2.23. The van der Waals surface area contributed by atoms with Crippen LogP contribution in [-0.4, -0.2) is 19.2 Å². The van der Waals surface area contributed by atoms with E-state index in [-0.39, 0.29) is 6.10 Å². The van der Waals surface area contributed by atoms with E-state index in [0.29, 0.717) is 12.0 Å². The molecule has 1 aromatic rings. The van der Waals surface area contributed by atoms with E-state index in [0.717, 1.165) is 18.2 Å². The van der Waals surface area contributed by atoms with Gasteiger partial charge in [-0.3, -0.25) is 0 Å². The number of nitrogens with one attached hydrogen (secondary N) is 1. The highest BCUT2D eigenvalue weighted by atomic mass is 35.5. The highest BCUT2D eigenvalue weighted by molar-refractivity contribution is 6.30. The molecule has 2 atom stereocenters. The monoisotopic (exact) mass is 239 g/mol. The Kier molecular flexibility index (Phi) is 3.85. The normalized spacial score (nSPS) is 26.0. The Morgan fingerprint density at radius 2 is 2.00 bits per heavy atom. The van der Waals surface area contributed by atoms with Crippen LogP contribution in [0.2, 0.25) is 5.02 Å². The molecular weight excluding hydrogens is 222 g/mol. The number of halogens is 1. The minimum atomic E-state index is 0.160. The van der Waals surface area contributed by atoms with Gasteiger partial charge in [0.2, 0.25) is 0 Å². The molecule has 1 heterocycles. The van der Waals surface area contributed by atoms with Crippen LogP contribution in [-0.2, 0) is 4.74 Å². The molecule has 2 unspecified atom stereocenters. The Hall–Kier alpha value is -0.570. The minimum Gasteiger partial charge on any atom is -0.371 e. The average Bonchev–Trinajstić information content (AvgIpc) is 2.30. The van der Waals surface area contributed by atoms with Gasteiger partial charge in [0.05, 0.1) is 12.7 Å². The molecule has 1 aliphatic rings. The summed E-state index contributed by atoms with van der Waals surface area (Å²) in [4.78, 5) is 0. The van der Waals surface area contributed by atoms with Gasteiger partial charge >= 0.3 is 0 Å². The van der Waals surface area contributed by atoms with Crippen LogP contribution in [0.3, 0.4) is 0 Å². The van der Waals surface area contributed by atoms with Gasteiger partial charge < -0.3 is 10.1 Å². The van der Waals surface area contributed by atoms with Gasteiger partial charge in [-0.1, -0.05) is 37.6 Å². The van der Waals surface area contributed by atoms with Gasteiger partial charge in [-0.2, -0.15) is 0 Å². The van der Waals surface area contributed by atoms with Crippen LogP contribution >= 0.6 is 11.6 Å². The maximum absolute atomic E-state index is 5.87. The molecule has 0 saturated carbocycles. The van der Waals surface area contributed by atoms with Crippen molar-refractivity contribution >= 4 is 11.6 Å². The number of hydrogen-bond donors (Lipinski definition) is 1. The molecule has 2 nitrogen and oxygen atoms in total. The van der Waals surface area contributed by atoms with E-state index in [4.69, 9.17) is 16.3 Å². The van der Waals surface area contributed by atoms with Crippen LogP contribution < -0.4 is 5.32 Å². The zero-order valence-electron chi connectivity index (χ0n) is 9.74.